The minimum absolute atomic E-state index is 0.0839. The van der Waals surface area contributed by atoms with Crippen LogP contribution in [0.3, 0.4) is 0 Å². The molecule has 0 fully saturated rings. The number of nitrogens with zero attached hydrogens (tertiary/aromatic N) is 1. The molecule has 0 N–H and O–H groups in total. The molecule has 0 spiro atoms. The molecule has 0 unspecified atom stereocenters. The Morgan fingerprint density at radius 2 is 1.23 bits per heavy atom. The fourth-order valence-electron chi connectivity index (χ4n) is 0.874. The maximum absolute atomic E-state index is 11.0. The zero-order chi connectivity index (χ0) is 10.9. The molecule has 0 aliphatic carbocycles. The second-order valence-electron chi connectivity index (χ2n) is 2.24. The smallest absolute Gasteiger partial charge is 0.228 e. The summed E-state index contributed by atoms with van der Waals surface area (Å²) in [6.07, 6.45) is 0.805. The molecule has 3 heteroatoms. The molecule has 3 nitrogen and oxygen atoms in total. The first-order chi connectivity index (χ1) is 6.17. The first-order valence-corrected chi connectivity index (χ1v) is 5.00. The van der Waals surface area contributed by atoms with Crippen LogP contribution in [0.15, 0.2) is 0 Å². The minimum atomic E-state index is -0.0839. The number of carbonyl (C=O) groups is 2. The van der Waals surface area contributed by atoms with E-state index in [1.54, 1.807) is 20.8 Å². The summed E-state index contributed by atoms with van der Waals surface area (Å²) in [7, 11) is 0. The fraction of sp³-hybridized carbons (Fsp3) is 0.800. The van der Waals surface area contributed by atoms with Crippen LogP contribution in [-0.4, -0.2) is 23.3 Å². The van der Waals surface area contributed by atoms with Gasteiger partial charge in [0.25, 0.3) is 0 Å². The normalized spacial score (nSPS) is 8.38. The topological polar surface area (TPSA) is 37.4 Å². The summed E-state index contributed by atoms with van der Waals surface area (Å²) in [6, 6.07) is 0. The van der Waals surface area contributed by atoms with Gasteiger partial charge in [0, 0.05) is 19.4 Å². The second-order valence-corrected chi connectivity index (χ2v) is 2.24. The van der Waals surface area contributed by atoms with Gasteiger partial charge in [0.15, 0.2) is 0 Å². The van der Waals surface area contributed by atoms with Crippen molar-refractivity contribution in [3.63, 3.8) is 0 Å². The lowest BCUT2D eigenvalue weighted by atomic mass is 10.3. The van der Waals surface area contributed by atoms with Gasteiger partial charge in [-0.2, -0.15) is 0 Å². The highest BCUT2D eigenvalue weighted by Gasteiger charge is 2.14. The summed E-state index contributed by atoms with van der Waals surface area (Å²) >= 11 is 0. The highest BCUT2D eigenvalue weighted by atomic mass is 16.2. The molecule has 0 bridgehead atoms. The van der Waals surface area contributed by atoms with E-state index in [1.807, 2.05) is 13.8 Å². The van der Waals surface area contributed by atoms with Gasteiger partial charge in [-0.15, -0.1) is 0 Å². The van der Waals surface area contributed by atoms with Gasteiger partial charge in [-0.05, 0) is 6.92 Å². The average molecular weight is 187 g/mol. The van der Waals surface area contributed by atoms with E-state index in [-0.39, 0.29) is 11.8 Å². The fourth-order valence-corrected chi connectivity index (χ4v) is 0.874. The Kier molecular flexibility index (Phi) is 10.4. The van der Waals surface area contributed by atoms with Crippen molar-refractivity contribution in [3.05, 3.63) is 0 Å². The number of imide groups is 1. The highest BCUT2D eigenvalue weighted by Crippen LogP contribution is 1.96. The highest BCUT2D eigenvalue weighted by molar-refractivity contribution is 5.94. The molecular weight excluding hydrogens is 166 g/mol. The standard InChI is InChI=1S/C8H15NO2.C2H6/c1-4-7(10)9(6-3)8(11)5-2;1-2/h4-6H2,1-3H3;1-2H3. The SMILES string of the molecule is CC.CCC(=O)N(CC)C(=O)CC. The molecule has 78 valence electrons. The van der Waals surface area contributed by atoms with Crippen LogP contribution in [0.2, 0.25) is 0 Å². The number of amides is 2. The average Bonchev–Trinajstić information content (AvgIpc) is 2.21. The Morgan fingerprint density at radius 1 is 0.923 bits per heavy atom. The van der Waals surface area contributed by atoms with Gasteiger partial charge in [0.2, 0.25) is 11.8 Å². The maximum Gasteiger partial charge on any atom is 0.228 e. The predicted molar refractivity (Wildman–Crippen MR) is 54.3 cm³/mol. The third-order valence-corrected chi connectivity index (χ3v) is 1.52. The minimum Gasteiger partial charge on any atom is -0.283 e. The van der Waals surface area contributed by atoms with Crippen LogP contribution in [0.1, 0.15) is 47.5 Å². The van der Waals surface area contributed by atoms with Crippen molar-refractivity contribution >= 4 is 11.8 Å². The van der Waals surface area contributed by atoms with Crippen molar-refractivity contribution < 1.29 is 9.59 Å². The zero-order valence-electron chi connectivity index (χ0n) is 9.39. The summed E-state index contributed by atoms with van der Waals surface area (Å²) in [6.45, 7) is 9.81. The van der Waals surface area contributed by atoms with Crippen molar-refractivity contribution in [2.24, 2.45) is 0 Å². The van der Waals surface area contributed by atoms with Gasteiger partial charge in [0.05, 0.1) is 0 Å². The Hall–Kier alpha value is -0.860. The van der Waals surface area contributed by atoms with E-state index in [0.29, 0.717) is 19.4 Å². The van der Waals surface area contributed by atoms with E-state index in [2.05, 4.69) is 0 Å². The molecule has 0 radical (unpaired) electrons. The van der Waals surface area contributed by atoms with Crippen LogP contribution in [-0.2, 0) is 9.59 Å². The van der Waals surface area contributed by atoms with Gasteiger partial charge in [-0.25, -0.2) is 0 Å². The second kappa shape index (κ2) is 9.23. The van der Waals surface area contributed by atoms with Gasteiger partial charge in [0.1, 0.15) is 0 Å². The van der Waals surface area contributed by atoms with E-state index in [1.165, 1.54) is 4.90 Å². The van der Waals surface area contributed by atoms with Crippen LogP contribution in [0.25, 0.3) is 0 Å². The largest absolute Gasteiger partial charge is 0.283 e. The monoisotopic (exact) mass is 187 g/mol. The van der Waals surface area contributed by atoms with Crippen molar-refractivity contribution in [2.75, 3.05) is 6.54 Å². The van der Waals surface area contributed by atoms with E-state index in [9.17, 15) is 9.59 Å². The lowest BCUT2D eigenvalue weighted by Crippen LogP contribution is -2.35. The molecule has 0 aromatic carbocycles. The Labute approximate surface area is 81.1 Å². The number of carbonyl (C=O) groups excluding carboxylic acids is 2. The van der Waals surface area contributed by atoms with Crippen LogP contribution in [0.4, 0.5) is 0 Å². The molecule has 0 saturated heterocycles. The zero-order valence-corrected chi connectivity index (χ0v) is 9.39. The van der Waals surface area contributed by atoms with Crippen LogP contribution >= 0.6 is 0 Å². The summed E-state index contributed by atoms with van der Waals surface area (Å²) < 4.78 is 0. The van der Waals surface area contributed by atoms with Gasteiger partial charge < -0.3 is 0 Å². The Bertz CT molecular complexity index is 139. The number of rotatable bonds is 3. The Balaban J connectivity index is 0. The first kappa shape index (κ1) is 14.7. The van der Waals surface area contributed by atoms with Crippen molar-refractivity contribution in [2.45, 2.75) is 47.5 Å². The Morgan fingerprint density at radius 3 is 1.38 bits per heavy atom. The van der Waals surface area contributed by atoms with E-state index >= 15 is 0 Å². The van der Waals surface area contributed by atoms with E-state index < -0.39 is 0 Å². The summed E-state index contributed by atoms with van der Waals surface area (Å²) in [5, 5.41) is 0. The summed E-state index contributed by atoms with van der Waals surface area (Å²) in [5.74, 6) is -0.168. The van der Waals surface area contributed by atoms with Gasteiger partial charge >= 0.3 is 0 Å². The molecule has 0 saturated carbocycles. The third-order valence-electron chi connectivity index (χ3n) is 1.52. The molecule has 0 heterocycles. The molecule has 0 aliphatic rings. The predicted octanol–water partition coefficient (Wildman–Crippen LogP) is 2.21. The van der Waals surface area contributed by atoms with Crippen molar-refractivity contribution in [1.82, 2.24) is 4.90 Å². The first-order valence-electron chi connectivity index (χ1n) is 5.00. The quantitative estimate of drug-likeness (QED) is 0.679. The third kappa shape index (κ3) is 5.39. The van der Waals surface area contributed by atoms with Crippen molar-refractivity contribution in [3.8, 4) is 0 Å². The summed E-state index contributed by atoms with van der Waals surface area (Å²) in [4.78, 5) is 23.4. The molecule has 0 rings (SSSR count). The summed E-state index contributed by atoms with van der Waals surface area (Å²) in [5.41, 5.74) is 0. The molecular formula is C10H21NO2. The molecule has 13 heavy (non-hydrogen) atoms. The van der Waals surface area contributed by atoms with Crippen molar-refractivity contribution in [1.29, 1.82) is 0 Å². The lowest BCUT2D eigenvalue weighted by Gasteiger charge is -2.16. The number of hydrogen-bond donors (Lipinski definition) is 0. The van der Waals surface area contributed by atoms with Crippen LogP contribution < -0.4 is 0 Å². The molecule has 2 amide bonds. The number of hydrogen-bond acceptors (Lipinski definition) is 2. The molecule has 0 atom stereocenters. The van der Waals surface area contributed by atoms with Gasteiger partial charge in [-0.1, -0.05) is 27.7 Å². The molecule has 0 aromatic rings. The van der Waals surface area contributed by atoms with Gasteiger partial charge in [-0.3, -0.25) is 14.5 Å². The molecule has 0 aliphatic heterocycles. The van der Waals surface area contributed by atoms with E-state index in [0.717, 1.165) is 0 Å². The van der Waals surface area contributed by atoms with Crippen LogP contribution in [0, 0.1) is 0 Å². The molecule has 0 aromatic heterocycles. The lowest BCUT2D eigenvalue weighted by molar-refractivity contribution is -0.144. The van der Waals surface area contributed by atoms with Crippen LogP contribution in [0.5, 0.6) is 0 Å². The maximum atomic E-state index is 11.0. The van der Waals surface area contributed by atoms with E-state index in [4.69, 9.17) is 0 Å².